The van der Waals surface area contributed by atoms with Crippen LogP contribution >= 0.6 is 39.1 Å². The summed E-state index contributed by atoms with van der Waals surface area (Å²) in [6.45, 7) is 0. The number of phenolic OH excluding ortho intramolecular Hbond substituents is 1. The van der Waals surface area contributed by atoms with Gasteiger partial charge in [-0.2, -0.15) is 5.01 Å². The fourth-order valence-electron chi connectivity index (χ4n) is 9.50. The molecule has 55 heavy (non-hydrogen) atoms. The van der Waals surface area contributed by atoms with Crippen molar-refractivity contribution in [2.75, 3.05) is 17.4 Å². The van der Waals surface area contributed by atoms with E-state index in [2.05, 4.69) is 21.4 Å². The van der Waals surface area contributed by atoms with Crippen molar-refractivity contribution in [3.05, 3.63) is 134 Å². The lowest BCUT2D eigenvalue weighted by molar-refractivity contribution is -0.139. The van der Waals surface area contributed by atoms with Crippen LogP contribution in [0.3, 0.4) is 0 Å². The van der Waals surface area contributed by atoms with Crippen LogP contribution in [-0.4, -0.2) is 40.9 Å². The molecule has 5 aliphatic rings. The number of ether oxygens (including phenoxy) is 2. The molecule has 3 fully saturated rings. The highest BCUT2D eigenvalue weighted by molar-refractivity contribution is 9.10. The molecule has 278 valence electrons. The molecule has 3 heterocycles. The molecule has 2 N–H and O–H groups in total. The number of halogens is 3. The van der Waals surface area contributed by atoms with Gasteiger partial charge in [-0.15, -0.1) is 0 Å². The van der Waals surface area contributed by atoms with Crippen molar-refractivity contribution in [3.63, 3.8) is 0 Å². The molecule has 4 aromatic carbocycles. The van der Waals surface area contributed by atoms with E-state index in [1.54, 1.807) is 86.2 Å². The van der Waals surface area contributed by atoms with E-state index in [4.69, 9.17) is 32.7 Å². The van der Waals surface area contributed by atoms with Crippen LogP contribution in [0.15, 0.2) is 113 Å². The molecule has 9 rings (SSSR count). The second kappa shape index (κ2) is 13.3. The first-order valence-corrected chi connectivity index (χ1v) is 19.3. The Morgan fingerprint density at radius 1 is 0.909 bits per heavy atom. The third-order valence-corrected chi connectivity index (χ3v) is 12.9. The molecule has 6 unspecified atom stereocenters. The standard InChI is InChI=1S/C42H32BrCl2N3O7/c1-54-28-10-2-23(3-11-28)42-32(39(51)48(41(42)53)46-34-14-6-25(44)18-33(34)45)19-31-29(37(42)22-16-21-17-27(49)9-15-35(21)55-20-22)12-13-30-36(31)40(52)47(38(30)50)26-7-4-24(43)5-8-26/h2-12,14-15,17-18,20,30-32,36-37,46,49H,13,16,19H2,1H3. The van der Waals surface area contributed by atoms with Gasteiger partial charge >= 0.3 is 0 Å². The Kier molecular flexibility index (Phi) is 8.60. The van der Waals surface area contributed by atoms with Crippen LogP contribution in [0.1, 0.15) is 24.0 Å². The van der Waals surface area contributed by atoms with Crippen LogP contribution < -0.4 is 19.8 Å². The number of hydrogen-bond acceptors (Lipinski definition) is 8. The average Bonchev–Trinajstić information content (AvgIpc) is 3.56. The minimum Gasteiger partial charge on any atom is -0.508 e. The molecule has 0 spiro atoms. The highest BCUT2D eigenvalue weighted by Crippen LogP contribution is 2.63. The topological polar surface area (TPSA) is 125 Å². The van der Waals surface area contributed by atoms with Crippen molar-refractivity contribution in [2.24, 2.45) is 29.6 Å². The van der Waals surface area contributed by atoms with Gasteiger partial charge in [-0.05, 0) is 103 Å². The number of carbonyl (C=O) groups excluding carboxylic acids is 4. The van der Waals surface area contributed by atoms with Crippen molar-refractivity contribution in [1.29, 1.82) is 0 Å². The van der Waals surface area contributed by atoms with Crippen LogP contribution in [0, 0.1) is 29.6 Å². The molecule has 3 aliphatic heterocycles. The van der Waals surface area contributed by atoms with Crippen molar-refractivity contribution >= 4 is 74.1 Å². The predicted molar refractivity (Wildman–Crippen MR) is 209 cm³/mol. The van der Waals surface area contributed by atoms with Crippen LogP contribution in [0.5, 0.6) is 17.2 Å². The van der Waals surface area contributed by atoms with E-state index in [9.17, 15) is 14.7 Å². The summed E-state index contributed by atoms with van der Waals surface area (Å²) >= 11 is 16.2. The molecular weight excluding hydrogens is 809 g/mol. The summed E-state index contributed by atoms with van der Waals surface area (Å²) in [5.41, 5.74) is 4.99. The maximum atomic E-state index is 15.5. The van der Waals surface area contributed by atoms with E-state index in [-0.39, 0.29) is 41.8 Å². The number of hydrazine groups is 1. The van der Waals surface area contributed by atoms with Gasteiger partial charge in [-0.25, -0.2) is 0 Å². The number of anilines is 2. The molecular formula is C42H32BrCl2N3O7. The van der Waals surface area contributed by atoms with Gasteiger partial charge in [0.05, 0.1) is 52.9 Å². The van der Waals surface area contributed by atoms with E-state index >= 15 is 9.59 Å². The van der Waals surface area contributed by atoms with Crippen LogP contribution in [-0.2, 0) is 31.0 Å². The average molecular weight is 842 g/mol. The van der Waals surface area contributed by atoms with E-state index < -0.39 is 46.8 Å². The number of aromatic hydroxyl groups is 1. The Morgan fingerprint density at radius 2 is 1.67 bits per heavy atom. The maximum Gasteiger partial charge on any atom is 0.260 e. The molecule has 4 aromatic rings. The number of fused-ring (bicyclic) bond motifs is 5. The van der Waals surface area contributed by atoms with E-state index in [0.717, 1.165) is 15.1 Å². The third-order valence-electron chi connectivity index (χ3n) is 11.8. The summed E-state index contributed by atoms with van der Waals surface area (Å²) in [5.74, 6) is -4.27. The highest BCUT2D eigenvalue weighted by Gasteiger charge is 2.71. The summed E-state index contributed by atoms with van der Waals surface area (Å²) < 4.78 is 12.5. The number of carbonyl (C=O) groups is 4. The molecule has 4 amide bonds. The fourth-order valence-corrected chi connectivity index (χ4v) is 10.2. The number of imide groups is 2. The number of amides is 4. The Labute approximate surface area is 334 Å². The zero-order valence-electron chi connectivity index (χ0n) is 29.2. The molecule has 0 aromatic heterocycles. The zero-order chi connectivity index (χ0) is 38.3. The Hall–Kier alpha value is -5.10. The second-order valence-electron chi connectivity index (χ2n) is 14.5. The number of phenols is 1. The zero-order valence-corrected chi connectivity index (χ0v) is 32.3. The number of hydrogen-bond donors (Lipinski definition) is 2. The lowest BCUT2D eigenvalue weighted by Crippen LogP contribution is -2.55. The van der Waals surface area contributed by atoms with Gasteiger partial charge in [0.1, 0.15) is 17.2 Å². The quantitative estimate of drug-likeness (QED) is 0.148. The minimum absolute atomic E-state index is 0.0537. The van der Waals surface area contributed by atoms with Gasteiger partial charge < -0.3 is 14.6 Å². The van der Waals surface area contributed by atoms with Gasteiger partial charge in [0.25, 0.3) is 11.8 Å². The van der Waals surface area contributed by atoms with E-state index in [0.29, 0.717) is 44.6 Å². The van der Waals surface area contributed by atoms with Gasteiger partial charge in [-0.1, -0.05) is 62.9 Å². The predicted octanol–water partition coefficient (Wildman–Crippen LogP) is 8.01. The number of nitrogens with one attached hydrogen (secondary N) is 1. The third kappa shape index (κ3) is 5.42. The van der Waals surface area contributed by atoms with Crippen LogP contribution in [0.2, 0.25) is 10.0 Å². The number of allylic oxidation sites excluding steroid dienone is 3. The van der Waals surface area contributed by atoms with E-state index in [1.165, 1.54) is 17.0 Å². The van der Waals surface area contributed by atoms with Crippen molar-refractivity contribution < 1.29 is 33.8 Å². The fraction of sp³-hybridized carbons (Fsp3) is 0.238. The summed E-state index contributed by atoms with van der Waals surface area (Å²) in [4.78, 5) is 60.5. The summed E-state index contributed by atoms with van der Waals surface area (Å²) in [6.07, 6.45) is 4.29. The molecule has 1 saturated carbocycles. The van der Waals surface area contributed by atoms with Crippen molar-refractivity contribution in [2.45, 2.75) is 24.7 Å². The number of benzene rings is 4. The van der Waals surface area contributed by atoms with Gasteiger partial charge in [0.2, 0.25) is 11.8 Å². The molecule has 0 bridgehead atoms. The molecule has 6 atom stereocenters. The lowest BCUT2D eigenvalue weighted by Gasteiger charge is -2.51. The van der Waals surface area contributed by atoms with E-state index in [1.807, 2.05) is 6.08 Å². The molecule has 0 radical (unpaired) electrons. The second-order valence-corrected chi connectivity index (χ2v) is 16.2. The lowest BCUT2D eigenvalue weighted by atomic mass is 9.48. The molecule has 13 heteroatoms. The largest absolute Gasteiger partial charge is 0.508 e. The SMILES string of the molecule is COc1ccc(C23C(=O)N(Nc4ccc(Cl)cc4Cl)C(=O)C2CC2C(=CCC4C(=O)N(c5ccc(Br)cc5)C(=O)C42)C3C2=COc3ccc(O)cc3C2)cc1. The number of nitrogens with zero attached hydrogens (tertiary/aromatic N) is 2. The highest BCUT2D eigenvalue weighted by atomic mass is 79.9. The minimum atomic E-state index is -1.54. The molecule has 2 saturated heterocycles. The molecule has 10 nitrogen and oxygen atoms in total. The van der Waals surface area contributed by atoms with Gasteiger partial charge in [0, 0.05) is 27.4 Å². The smallest absolute Gasteiger partial charge is 0.260 e. The van der Waals surface area contributed by atoms with Gasteiger partial charge in [-0.3, -0.25) is 29.5 Å². The monoisotopic (exact) mass is 839 g/mol. The van der Waals surface area contributed by atoms with Crippen LogP contribution in [0.4, 0.5) is 11.4 Å². The maximum absolute atomic E-state index is 15.5. The summed E-state index contributed by atoms with van der Waals surface area (Å²) in [7, 11) is 1.55. The van der Waals surface area contributed by atoms with Gasteiger partial charge in [0.15, 0.2) is 0 Å². The van der Waals surface area contributed by atoms with Crippen molar-refractivity contribution in [3.8, 4) is 17.2 Å². The Bertz CT molecular complexity index is 2380. The first kappa shape index (κ1) is 35.6. The first-order valence-electron chi connectivity index (χ1n) is 17.8. The summed E-state index contributed by atoms with van der Waals surface area (Å²) in [5, 5.41) is 12.1. The van der Waals surface area contributed by atoms with Crippen molar-refractivity contribution in [1.82, 2.24) is 5.01 Å². The van der Waals surface area contributed by atoms with Crippen LogP contribution in [0.25, 0.3) is 0 Å². The number of rotatable bonds is 6. The Balaban J connectivity index is 1.23. The number of methoxy groups -OCH3 is 1. The first-order chi connectivity index (χ1) is 26.5. The molecule has 2 aliphatic carbocycles. The Morgan fingerprint density at radius 3 is 2.40 bits per heavy atom. The normalized spacial score (nSPS) is 26.7. The summed E-state index contributed by atoms with van der Waals surface area (Å²) in [6, 6.07) is 23.7.